The van der Waals surface area contributed by atoms with E-state index >= 15 is 0 Å². The van der Waals surface area contributed by atoms with Crippen molar-refractivity contribution in [3.63, 3.8) is 0 Å². The lowest BCUT2D eigenvalue weighted by molar-refractivity contribution is -0.128. The summed E-state index contributed by atoms with van der Waals surface area (Å²) in [6.45, 7) is 3.29. The maximum Gasteiger partial charge on any atom is 0.336 e. The number of hydrogen-bond acceptors (Lipinski definition) is 6. The van der Waals surface area contributed by atoms with Crippen LogP contribution in [-0.2, 0) is 14.3 Å². The molecule has 7 heteroatoms. The predicted octanol–water partition coefficient (Wildman–Crippen LogP) is 3.76. The number of nitrogens with zero attached hydrogens (tertiary/aromatic N) is 1. The molecule has 0 aliphatic rings. The lowest BCUT2D eigenvalue weighted by Crippen LogP contribution is -2.27. The molecular formula is C25H26N2O5. The number of methoxy groups -OCH3 is 1. The molecule has 0 radical (unpaired) electrons. The first-order chi connectivity index (χ1) is 15.6. The first-order valence-corrected chi connectivity index (χ1v) is 10.2. The van der Waals surface area contributed by atoms with E-state index in [4.69, 9.17) is 14.2 Å². The van der Waals surface area contributed by atoms with Crippen LogP contribution in [0.3, 0.4) is 0 Å². The van der Waals surface area contributed by atoms with Crippen molar-refractivity contribution < 1.29 is 23.8 Å². The number of nitriles is 1. The van der Waals surface area contributed by atoms with Gasteiger partial charge in [-0.15, -0.1) is 0 Å². The molecule has 0 spiro atoms. The van der Waals surface area contributed by atoms with Crippen LogP contribution < -0.4 is 14.8 Å². The molecule has 2 aromatic rings. The van der Waals surface area contributed by atoms with Gasteiger partial charge in [-0.05, 0) is 42.3 Å². The summed E-state index contributed by atoms with van der Waals surface area (Å²) in [5.41, 5.74) is 1.38. The van der Waals surface area contributed by atoms with Gasteiger partial charge < -0.3 is 19.5 Å². The molecule has 1 N–H and O–H groups in total. The monoisotopic (exact) mass is 434 g/mol. The molecule has 0 unspecified atom stereocenters. The number of rotatable bonds is 11. The van der Waals surface area contributed by atoms with E-state index in [0.29, 0.717) is 36.8 Å². The molecule has 7 nitrogen and oxygen atoms in total. The highest BCUT2D eigenvalue weighted by Gasteiger charge is 2.08. The molecule has 0 atom stereocenters. The molecule has 0 saturated carbocycles. The van der Waals surface area contributed by atoms with Crippen molar-refractivity contribution in [2.24, 2.45) is 0 Å². The molecule has 2 aromatic carbocycles. The Labute approximate surface area is 187 Å². The summed E-state index contributed by atoms with van der Waals surface area (Å²) in [6, 6.07) is 15.8. The summed E-state index contributed by atoms with van der Waals surface area (Å²) in [6.07, 6.45) is 5.33. The molecule has 0 aliphatic carbocycles. The number of carbonyl (C=O) groups is 2. The van der Waals surface area contributed by atoms with E-state index in [9.17, 15) is 14.9 Å². The van der Waals surface area contributed by atoms with Crippen molar-refractivity contribution >= 4 is 24.0 Å². The number of hydrogen-bond donors (Lipinski definition) is 1. The van der Waals surface area contributed by atoms with Gasteiger partial charge in [-0.25, -0.2) is 4.79 Å². The standard InChI is InChI=1S/C25H26N2O5/c1-3-15-31-23-7-5-4-6-20(23)10-13-24(28)32-22-11-8-19(9-12-22)17-21(18-26)25(29)27-14-16-30-2/h4-13,17H,3,14-16H2,1-2H3,(H,27,29)/b13-10+,21-17+. The van der Waals surface area contributed by atoms with Gasteiger partial charge in [0.25, 0.3) is 5.91 Å². The molecule has 1 amide bonds. The van der Waals surface area contributed by atoms with Crippen LogP contribution in [0.15, 0.2) is 60.2 Å². The van der Waals surface area contributed by atoms with Gasteiger partial charge in [-0.1, -0.05) is 37.3 Å². The second kappa shape index (κ2) is 13.4. The Hall–Kier alpha value is -3.89. The van der Waals surface area contributed by atoms with Crippen molar-refractivity contribution in [1.82, 2.24) is 5.32 Å². The zero-order chi connectivity index (χ0) is 23.2. The summed E-state index contributed by atoms with van der Waals surface area (Å²) in [7, 11) is 1.53. The molecule has 32 heavy (non-hydrogen) atoms. The lowest BCUT2D eigenvalue weighted by Gasteiger charge is -2.07. The van der Waals surface area contributed by atoms with E-state index in [0.717, 1.165) is 12.0 Å². The van der Waals surface area contributed by atoms with Crippen molar-refractivity contribution in [1.29, 1.82) is 5.26 Å². The van der Waals surface area contributed by atoms with Crippen LogP contribution in [0, 0.1) is 11.3 Å². The molecule has 0 bridgehead atoms. The highest BCUT2D eigenvalue weighted by molar-refractivity contribution is 6.01. The minimum Gasteiger partial charge on any atom is -0.493 e. The first-order valence-electron chi connectivity index (χ1n) is 10.2. The van der Waals surface area contributed by atoms with E-state index in [2.05, 4.69) is 5.32 Å². The zero-order valence-corrected chi connectivity index (χ0v) is 18.2. The SMILES string of the molecule is CCCOc1ccccc1/C=C/C(=O)Oc1ccc(/C=C(\C#N)C(=O)NCCOC)cc1. The lowest BCUT2D eigenvalue weighted by atomic mass is 10.1. The zero-order valence-electron chi connectivity index (χ0n) is 18.2. The highest BCUT2D eigenvalue weighted by atomic mass is 16.5. The number of nitrogens with one attached hydrogen (secondary N) is 1. The molecule has 0 aliphatic heterocycles. The second-order valence-corrected chi connectivity index (χ2v) is 6.63. The summed E-state index contributed by atoms with van der Waals surface area (Å²) in [5.74, 6) is 0.0340. The van der Waals surface area contributed by atoms with Crippen LogP contribution in [0.25, 0.3) is 12.2 Å². The fourth-order valence-corrected chi connectivity index (χ4v) is 2.58. The van der Waals surface area contributed by atoms with E-state index < -0.39 is 11.9 Å². The Kier molecular flexibility index (Phi) is 10.2. The third kappa shape index (κ3) is 8.09. The largest absolute Gasteiger partial charge is 0.493 e. The number of amides is 1. The van der Waals surface area contributed by atoms with Crippen LogP contribution in [0.5, 0.6) is 11.5 Å². The normalized spacial score (nSPS) is 11.1. The van der Waals surface area contributed by atoms with Gasteiger partial charge in [0.1, 0.15) is 23.1 Å². The van der Waals surface area contributed by atoms with Crippen LogP contribution in [-0.4, -0.2) is 38.7 Å². The Bertz CT molecular complexity index is 1000. The van der Waals surface area contributed by atoms with E-state index in [1.54, 1.807) is 30.3 Å². The van der Waals surface area contributed by atoms with Crippen LogP contribution >= 0.6 is 0 Å². The Balaban J connectivity index is 1.99. The van der Waals surface area contributed by atoms with Crippen molar-refractivity contribution in [3.05, 3.63) is 71.3 Å². The van der Waals surface area contributed by atoms with Gasteiger partial charge in [0.15, 0.2) is 0 Å². The molecule has 0 saturated heterocycles. The maximum atomic E-state index is 12.2. The average molecular weight is 434 g/mol. The number of para-hydroxylation sites is 1. The summed E-state index contributed by atoms with van der Waals surface area (Å²) < 4.78 is 15.8. The second-order valence-electron chi connectivity index (χ2n) is 6.63. The predicted molar refractivity (Wildman–Crippen MR) is 122 cm³/mol. The van der Waals surface area contributed by atoms with E-state index in [-0.39, 0.29) is 5.57 Å². The van der Waals surface area contributed by atoms with Crippen molar-refractivity contribution in [3.8, 4) is 17.6 Å². The molecule has 2 rings (SSSR count). The van der Waals surface area contributed by atoms with Gasteiger partial charge in [0.05, 0.1) is 13.2 Å². The third-order valence-corrected chi connectivity index (χ3v) is 4.15. The van der Waals surface area contributed by atoms with Gasteiger partial charge in [0, 0.05) is 25.3 Å². The number of esters is 1. The smallest absolute Gasteiger partial charge is 0.336 e. The molecule has 0 aromatic heterocycles. The Morgan fingerprint density at radius 3 is 2.53 bits per heavy atom. The van der Waals surface area contributed by atoms with Crippen molar-refractivity contribution in [2.45, 2.75) is 13.3 Å². The van der Waals surface area contributed by atoms with Gasteiger partial charge in [0.2, 0.25) is 0 Å². The Morgan fingerprint density at radius 1 is 1.09 bits per heavy atom. The van der Waals surface area contributed by atoms with Crippen LogP contribution in [0.2, 0.25) is 0 Å². The number of benzene rings is 2. The topological polar surface area (TPSA) is 97.7 Å². The fourth-order valence-electron chi connectivity index (χ4n) is 2.58. The Morgan fingerprint density at radius 2 is 1.84 bits per heavy atom. The minimum atomic E-state index is -0.533. The average Bonchev–Trinajstić information content (AvgIpc) is 2.81. The molecular weight excluding hydrogens is 408 g/mol. The summed E-state index contributed by atoms with van der Waals surface area (Å²) in [5, 5.41) is 11.8. The van der Waals surface area contributed by atoms with Gasteiger partial charge in [-0.2, -0.15) is 5.26 Å². The highest BCUT2D eigenvalue weighted by Crippen LogP contribution is 2.20. The fraction of sp³-hybridized carbons (Fsp3) is 0.240. The first kappa shape index (κ1) is 24.4. The quantitative estimate of drug-likeness (QED) is 0.190. The van der Waals surface area contributed by atoms with Crippen molar-refractivity contribution in [2.75, 3.05) is 26.9 Å². The van der Waals surface area contributed by atoms with Gasteiger partial charge in [-0.3, -0.25) is 4.79 Å². The van der Waals surface area contributed by atoms with Gasteiger partial charge >= 0.3 is 5.97 Å². The maximum absolute atomic E-state index is 12.2. The van der Waals surface area contributed by atoms with Crippen LogP contribution in [0.4, 0.5) is 0 Å². The molecule has 0 fully saturated rings. The molecule has 0 heterocycles. The summed E-state index contributed by atoms with van der Waals surface area (Å²) in [4.78, 5) is 24.2. The summed E-state index contributed by atoms with van der Waals surface area (Å²) >= 11 is 0. The number of ether oxygens (including phenoxy) is 3. The van der Waals surface area contributed by atoms with E-state index in [1.807, 2.05) is 37.3 Å². The van der Waals surface area contributed by atoms with E-state index in [1.165, 1.54) is 19.3 Å². The number of carbonyl (C=O) groups excluding carboxylic acids is 2. The third-order valence-electron chi connectivity index (χ3n) is 4.15. The molecule has 166 valence electrons. The minimum absolute atomic E-state index is 0.0299. The van der Waals surface area contributed by atoms with Crippen LogP contribution in [0.1, 0.15) is 24.5 Å².